The van der Waals surface area contributed by atoms with Crippen molar-refractivity contribution in [3.63, 3.8) is 0 Å². The van der Waals surface area contributed by atoms with E-state index in [1.54, 1.807) is 36.4 Å². The molecule has 27 heavy (non-hydrogen) atoms. The minimum absolute atomic E-state index is 0.0103. The molecule has 3 rings (SSSR count). The molecule has 1 amide bonds. The zero-order valence-electron chi connectivity index (χ0n) is 16.0. The number of ether oxygens (including phenoxy) is 1. The highest BCUT2D eigenvalue weighted by atomic mass is 16.5. The van der Waals surface area contributed by atoms with Crippen molar-refractivity contribution in [1.29, 1.82) is 0 Å². The topological polar surface area (TPSA) is 55.4 Å². The van der Waals surface area contributed by atoms with E-state index in [-0.39, 0.29) is 24.3 Å². The average molecular weight is 365 g/mol. The molecule has 4 nitrogen and oxygen atoms in total. The molecule has 0 heterocycles. The predicted molar refractivity (Wildman–Crippen MR) is 106 cm³/mol. The van der Waals surface area contributed by atoms with Gasteiger partial charge >= 0.3 is 0 Å². The van der Waals surface area contributed by atoms with Crippen LogP contribution in [-0.2, 0) is 4.79 Å². The third-order valence-electron chi connectivity index (χ3n) is 5.58. The predicted octanol–water partition coefficient (Wildman–Crippen LogP) is 4.24. The molecular formula is C23H27NO3. The summed E-state index contributed by atoms with van der Waals surface area (Å²) in [7, 11) is 0. The second-order valence-electron chi connectivity index (χ2n) is 7.45. The largest absolute Gasteiger partial charge is 0.484 e. The maximum atomic E-state index is 12.4. The molecule has 0 spiro atoms. The lowest BCUT2D eigenvalue weighted by Crippen LogP contribution is -2.45. The van der Waals surface area contributed by atoms with Gasteiger partial charge in [0.25, 0.3) is 5.91 Å². The molecule has 1 saturated carbocycles. The van der Waals surface area contributed by atoms with E-state index >= 15 is 0 Å². The highest BCUT2D eigenvalue weighted by Gasteiger charge is 2.28. The Bertz CT molecular complexity index is 770. The molecule has 4 heteroatoms. The smallest absolute Gasteiger partial charge is 0.258 e. The minimum atomic E-state index is -0.0922. The van der Waals surface area contributed by atoms with Gasteiger partial charge in [-0.1, -0.05) is 57.0 Å². The minimum Gasteiger partial charge on any atom is -0.484 e. The Balaban J connectivity index is 1.51. The Morgan fingerprint density at radius 2 is 1.63 bits per heavy atom. The maximum Gasteiger partial charge on any atom is 0.258 e. The Morgan fingerprint density at radius 3 is 2.33 bits per heavy atom. The van der Waals surface area contributed by atoms with Gasteiger partial charge in [-0.3, -0.25) is 9.59 Å². The van der Waals surface area contributed by atoms with Crippen LogP contribution in [0.4, 0.5) is 0 Å². The van der Waals surface area contributed by atoms with Gasteiger partial charge in [-0.05, 0) is 42.5 Å². The quantitative estimate of drug-likeness (QED) is 0.779. The molecule has 0 aromatic heterocycles. The summed E-state index contributed by atoms with van der Waals surface area (Å²) >= 11 is 0. The number of hydrogen-bond donors (Lipinski definition) is 1. The number of amides is 1. The van der Waals surface area contributed by atoms with Crippen LogP contribution in [0.3, 0.4) is 0 Å². The Labute approximate surface area is 160 Å². The molecule has 3 atom stereocenters. The average Bonchev–Trinajstić information content (AvgIpc) is 2.70. The van der Waals surface area contributed by atoms with E-state index in [1.807, 2.05) is 18.2 Å². The van der Waals surface area contributed by atoms with Gasteiger partial charge in [0.2, 0.25) is 0 Å². The standard InChI is InChI=1S/C23H27NO3/c1-16-7-6-10-21(17(16)2)24-22(25)15-27-20-13-11-19(12-14-20)23(26)18-8-4-3-5-9-18/h3-5,8-9,11-14,16-17,21H,6-7,10,15H2,1-2H3,(H,24,25)/t16-,17+,21-/m0/s1. The lowest BCUT2D eigenvalue weighted by molar-refractivity contribution is -0.124. The molecule has 2 aromatic carbocycles. The van der Waals surface area contributed by atoms with E-state index in [9.17, 15) is 9.59 Å². The monoisotopic (exact) mass is 365 g/mol. The zero-order valence-corrected chi connectivity index (χ0v) is 16.0. The van der Waals surface area contributed by atoms with Crippen molar-refractivity contribution >= 4 is 11.7 Å². The summed E-state index contributed by atoms with van der Waals surface area (Å²) in [5.41, 5.74) is 1.25. The molecule has 1 aliphatic rings. The number of rotatable bonds is 6. The number of hydrogen-bond acceptors (Lipinski definition) is 3. The SMILES string of the molecule is C[C@H]1[C@@H](NC(=O)COc2ccc(C(=O)c3ccccc3)cc2)CCC[C@@H]1C. The van der Waals surface area contributed by atoms with Crippen LogP contribution in [0.15, 0.2) is 54.6 Å². The fourth-order valence-corrected chi connectivity index (χ4v) is 3.64. The molecule has 2 aromatic rings. The van der Waals surface area contributed by atoms with Crippen LogP contribution in [0.2, 0.25) is 0 Å². The number of carbonyl (C=O) groups excluding carboxylic acids is 2. The van der Waals surface area contributed by atoms with Crippen LogP contribution in [0.25, 0.3) is 0 Å². The first kappa shape index (κ1) is 19.2. The van der Waals surface area contributed by atoms with Gasteiger partial charge in [0.1, 0.15) is 5.75 Å². The summed E-state index contributed by atoms with van der Waals surface area (Å²) in [6, 6.07) is 16.3. The van der Waals surface area contributed by atoms with Gasteiger partial charge in [-0.15, -0.1) is 0 Å². The first-order valence-corrected chi connectivity index (χ1v) is 9.66. The first-order valence-electron chi connectivity index (χ1n) is 9.66. The number of carbonyl (C=O) groups is 2. The fraction of sp³-hybridized carbons (Fsp3) is 0.391. The molecule has 1 N–H and O–H groups in total. The molecule has 0 radical (unpaired) electrons. The second kappa shape index (κ2) is 8.85. The van der Waals surface area contributed by atoms with Crippen LogP contribution in [0, 0.1) is 11.8 Å². The van der Waals surface area contributed by atoms with Crippen molar-refractivity contribution in [2.75, 3.05) is 6.61 Å². The van der Waals surface area contributed by atoms with E-state index in [0.29, 0.717) is 28.7 Å². The normalized spacial score (nSPS) is 22.1. The fourth-order valence-electron chi connectivity index (χ4n) is 3.64. The van der Waals surface area contributed by atoms with Gasteiger partial charge in [0.05, 0.1) is 0 Å². The Hall–Kier alpha value is -2.62. The Kier molecular flexibility index (Phi) is 6.28. The van der Waals surface area contributed by atoms with Crippen molar-refractivity contribution in [2.24, 2.45) is 11.8 Å². The summed E-state index contributed by atoms with van der Waals surface area (Å²) in [5, 5.41) is 3.10. The van der Waals surface area contributed by atoms with E-state index in [1.165, 1.54) is 6.42 Å². The van der Waals surface area contributed by atoms with E-state index in [2.05, 4.69) is 19.2 Å². The third kappa shape index (κ3) is 4.97. The lowest BCUT2D eigenvalue weighted by Gasteiger charge is -2.34. The third-order valence-corrected chi connectivity index (χ3v) is 5.58. The van der Waals surface area contributed by atoms with Crippen molar-refractivity contribution < 1.29 is 14.3 Å². The Morgan fingerprint density at radius 1 is 0.963 bits per heavy atom. The van der Waals surface area contributed by atoms with E-state index < -0.39 is 0 Å². The molecule has 0 aliphatic heterocycles. The zero-order chi connectivity index (χ0) is 19.2. The number of benzene rings is 2. The van der Waals surface area contributed by atoms with Gasteiger partial charge in [0.15, 0.2) is 12.4 Å². The van der Waals surface area contributed by atoms with Crippen LogP contribution in [-0.4, -0.2) is 24.3 Å². The number of ketones is 1. The molecule has 0 bridgehead atoms. The summed E-state index contributed by atoms with van der Waals surface area (Å²) in [4.78, 5) is 24.6. The molecule has 1 fully saturated rings. The van der Waals surface area contributed by atoms with E-state index in [4.69, 9.17) is 4.74 Å². The lowest BCUT2D eigenvalue weighted by atomic mass is 9.78. The highest BCUT2D eigenvalue weighted by Crippen LogP contribution is 2.29. The summed E-state index contributed by atoms with van der Waals surface area (Å²) < 4.78 is 5.59. The number of nitrogens with one attached hydrogen (secondary N) is 1. The maximum absolute atomic E-state index is 12.4. The van der Waals surface area contributed by atoms with Crippen LogP contribution in [0.1, 0.15) is 49.0 Å². The van der Waals surface area contributed by atoms with Crippen molar-refractivity contribution in [1.82, 2.24) is 5.32 Å². The van der Waals surface area contributed by atoms with Gasteiger partial charge in [-0.2, -0.15) is 0 Å². The van der Waals surface area contributed by atoms with Crippen LogP contribution in [0.5, 0.6) is 5.75 Å². The van der Waals surface area contributed by atoms with Gasteiger partial charge in [-0.25, -0.2) is 0 Å². The summed E-state index contributed by atoms with van der Waals surface area (Å²) in [6.45, 7) is 4.44. The molecule has 0 unspecified atom stereocenters. The van der Waals surface area contributed by atoms with E-state index in [0.717, 1.165) is 12.8 Å². The van der Waals surface area contributed by atoms with Crippen molar-refractivity contribution in [3.8, 4) is 5.75 Å². The molecule has 142 valence electrons. The second-order valence-corrected chi connectivity index (χ2v) is 7.45. The van der Waals surface area contributed by atoms with Crippen LogP contribution >= 0.6 is 0 Å². The summed E-state index contributed by atoms with van der Waals surface area (Å²) in [6.07, 6.45) is 3.43. The molecule has 0 saturated heterocycles. The highest BCUT2D eigenvalue weighted by molar-refractivity contribution is 6.08. The molecular weight excluding hydrogens is 338 g/mol. The van der Waals surface area contributed by atoms with Gasteiger partial charge in [0, 0.05) is 17.2 Å². The summed E-state index contributed by atoms with van der Waals surface area (Å²) in [5.74, 6) is 1.59. The molecule has 1 aliphatic carbocycles. The van der Waals surface area contributed by atoms with Gasteiger partial charge < -0.3 is 10.1 Å². The first-order chi connectivity index (χ1) is 13.0. The van der Waals surface area contributed by atoms with Crippen LogP contribution < -0.4 is 10.1 Å². The van der Waals surface area contributed by atoms with Crippen molar-refractivity contribution in [2.45, 2.75) is 39.2 Å². The van der Waals surface area contributed by atoms with Crippen molar-refractivity contribution in [3.05, 3.63) is 65.7 Å².